The van der Waals surface area contributed by atoms with Gasteiger partial charge < -0.3 is 14.8 Å². The zero-order valence-corrected chi connectivity index (χ0v) is 14.3. The number of hydrogen-bond acceptors (Lipinski definition) is 4. The molecule has 0 fully saturated rings. The van der Waals surface area contributed by atoms with Gasteiger partial charge in [-0.1, -0.05) is 12.1 Å². The maximum Gasteiger partial charge on any atom is 0.259 e. The van der Waals surface area contributed by atoms with E-state index in [1.165, 1.54) is 0 Å². The maximum absolute atomic E-state index is 12.6. The van der Waals surface area contributed by atoms with Crippen LogP contribution >= 0.6 is 0 Å². The Hall–Kier alpha value is -3.28. The molecule has 2 aromatic carbocycles. The lowest BCUT2D eigenvalue weighted by molar-refractivity contribution is 0.102. The molecule has 0 radical (unpaired) electrons. The lowest BCUT2D eigenvalue weighted by atomic mass is 10.1. The van der Waals surface area contributed by atoms with Gasteiger partial charge in [0.05, 0.1) is 26.0 Å². The fourth-order valence-electron chi connectivity index (χ4n) is 2.53. The number of methoxy groups -OCH3 is 2. The van der Waals surface area contributed by atoms with E-state index in [1.807, 2.05) is 37.5 Å². The van der Waals surface area contributed by atoms with E-state index >= 15 is 0 Å². The van der Waals surface area contributed by atoms with Gasteiger partial charge in [0.1, 0.15) is 11.5 Å². The summed E-state index contributed by atoms with van der Waals surface area (Å²) in [5, 5.41) is 7.02. The minimum atomic E-state index is -0.247. The van der Waals surface area contributed by atoms with Crippen LogP contribution in [0.2, 0.25) is 0 Å². The zero-order chi connectivity index (χ0) is 17.8. The predicted octanol–water partition coefficient (Wildman–Crippen LogP) is 3.36. The van der Waals surface area contributed by atoms with E-state index < -0.39 is 0 Å². The van der Waals surface area contributed by atoms with Crippen LogP contribution in [0.5, 0.6) is 11.5 Å². The van der Waals surface area contributed by atoms with Crippen molar-refractivity contribution < 1.29 is 14.3 Å². The third-order valence-electron chi connectivity index (χ3n) is 3.81. The van der Waals surface area contributed by atoms with Crippen LogP contribution in [-0.4, -0.2) is 29.9 Å². The van der Waals surface area contributed by atoms with E-state index in [1.54, 1.807) is 43.3 Å². The quantitative estimate of drug-likeness (QED) is 0.775. The van der Waals surface area contributed by atoms with Crippen molar-refractivity contribution in [3.63, 3.8) is 0 Å². The number of aromatic nitrogens is 2. The molecule has 0 aliphatic heterocycles. The first-order valence-corrected chi connectivity index (χ1v) is 7.73. The molecule has 0 aliphatic rings. The molecule has 1 heterocycles. The molecule has 0 unspecified atom stereocenters. The Balaban J connectivity index is 1.86. The zero-order valence-electron chi connectivity index (χ0n) is 14.3. The topological polar surface area (TPSA) is 65.4 Å². The second-order valence-electron chi connectivity index (χ2n) is 5.50. The number of carbonyl (C=O) groups excluding carboxylic acids is 1. The Kier molecular flexibility index (Phi) is 4.70. The van der Waals surface area contributed by atoms with E-state index in [4.69, 9.17) is 9.47 Å². The summed E-state index contributed by atoms with van der Waals surface area (Å²) in [5.74, 6) is 0.932. The van der Waals surface area contributed by atoms with Crippen molar-refractivity contribution in [3.8, 4) is 22.6 Å². The number of anilines is 1. The van der Waals surface area contributed by atoms with Gasteiger partial charge >= 0.3 is 0 Å². The lowest BCUT2D eigenvalue weighted by Crippen LogP contribution is -2.13. The Morgan fingerprint density at radius 2 is 1.92 bits per heavy atom. The second-order valence-corrected chi connectivity index (χ2v) is 5.50. The van der Waals surface area contributed by atoms with Crippen molar-refractivity contribution >= 4 is 11.6 Å². The Labute approximate surface area is 146 Å². The summed E-state index contributed by atoms with van der Waals surface area (Å²) >= 11 is 0. The molecule has 0 saturated carbocycles. The molecule has 3 rings (SSSR count). The number of aryl methyl sites for hydroxylation is 1. The Morgan fingerprint density at radius 1 is 1.08 bits per heavy atom. The molecule has 0 spiro atoms. The summed E-state index contributed by atoms with van der Waals surface area (Å²) in [6.07, 6.45) is 3.68. The van der Waals surface area contributed by atoms with Crippen molar-refractivity contribution in [1.29, 1.82) is 0 Å². The molecule has 128 valence electrons. The Bertz CT molecular complexity index is 902. The van der Waals surface area contributed by atoms with Crippen LogP contribution in [0.4, 0.5) is 5.69 Å². The van der Waals surface area contributed by atoms with Crippen molar-refractivity contribution in [2.24, 2.45) is 7.05 Å². The van der Waals surface area contributed by atoms with Crippen molar-refractivity contribution in [2.75, 3.05) is 19.5 Å². The molecule has 1 amide bonds. The van der Waals surface area contributed by atoms with Gasteiger partial charge in [-0.15, -0.1) is 0 Å². The van der Waals surface area contributed by atoms with E-state index in [0.717, 1.165) is 11.1 Å². The molecule has 1 aromatic heterocycles. The Morgan fingerprint density at radius 3 is 2.60 bits per heavy atom. The molecular weight excluding hydrogens is 318 g/mol. The fourth-order valence-corrected chi connectivity index (χ4v) is 2.53. The van der Waals surface area contributed by atoms with Gasteiger partial charge in [0, 0.05) is 30.6 Å². The van der Waals surface area contributed by atoms with Gasteiger partial charge in [-0.25, -0.2) is 0 Å². The maximum atomic E-state index is 12.6. The average Bonchev–Trinajstić information content (AvgIpc) is 3.07. The fraction of sp³-hybridized carbons (Fsp3) is 0.158. The molecule has 1 N–H and O–H groups in total. The molecule has 25 heavy (non-hydrogen) atoms. The lowest BCUT2D eigenvalue weighted by Gasteiger charge is -2.11. The highest BCUT2D eigenvalue weighted by molar-refractivity contribution is 6.06. The van der Waals surface area contributed by atoms with Gasteiger partial charge in [-0.2, -0.15) is 5.10 Å². The molecule has 0 atom stereocenters. The van der Waals surface area contributed by atoms with Crippen LogP contribution in [0, 0.1) is 0 Å². The van der Waals surface area contributed by atoms with Gasteiger partial charge in [-0.05, 0) is 29.8 Å². The predicted molar refractivity (Wildman–Crippen MR) is 96.1 cm³/mol. The van der Waals surface area contributed by atoms with Gasteiger partial charge in [0.25, 0.3) is 5.91 Å². The number of rotatable bonds is 5. The van der Waals surface area contributed by atoms with Crippen LogP contribution < -0.4 is 14.8 Å². The number of amides is 1. The van der Waals surface area contributed by atoms with Gasteiger partial charge in [-0.3, -0.25) is 9.48 Å². The monoisotopic (exact) mass is 337 g/mol. The molecule has 3 aromatic rings. The van der Waals surface area contributed by atoms with Crippen LogP contribution in [0.3, 0.4) is 0 Å². The van der Waals surface area contributed by atoms with Crippen molar-refractivity contribution in [3.05, 3.63) is 60.4 Å². The number of ether oxygens (including phenoxy) is 2. The third kappa shape index (κ3) is 3.63. The molecule has 0 saturated heterocycles. The van der Waals surface area contributed by atoms with Crippen LogP contribution in [0.15, 0.2) is 54.9 Å². The normalized spacial score (nSPS) is 10.4. The number of hydrogen-bond donors (Lipinski definition) is 1. The summed E-state index contributed by atoms with van der Waals surface area (Å²) in [6, 6.07) is 12.6. The van der Waals surface area contributed by atoms with E-state index in [-0.39, 0.29) is 5.91 Å². The summed E-state index contributed by atoms with van der Waals surface area (Å²) in [7, 11) is 4.99. The number of nitrogens with zero attached hydrogens (tertiary/aromatic N) is 2. The highest BCUT2D eigenvalue weighted by atomic mass is 16.5. The summed E-state index contributed by atoms with van der Waals surface area (Å²) in [5.41, 5.74) is 3.00. The number of benzene rings is 2. The van der Waals surface area contributed by atoms with Crippen LogP contribution in [0.1, 0.15) is 10.4 Å². The van der Waals surface area contributed by atoms with Crippen LogP contribution in [0.25, 0.3) is 11.1 Å². The first kappa shape index (κ1) is 16.6. The first-order valence-electron chi connectivity index (χ1n) is 7.73. The first-order chi connectivity index (χ1) is 12.1. The molecule has 0 aliphatic carbocycles. The van der Waals surface area contributed by atoms with E-state index in [9.17, 15) is 4.79 Å². The summed E-state index contributed by atoms with van der Waals surface area (Å²) in [6.45, 7) is 0. The minimum absolute atomic E-state index is 0.247. The number of carbonyl (C=O) groups is 1. The molecule has 6 heteroatoms. The minimum Gasteiger partial charge on any atom is -0.497 e. The SMILES string of the molecule is COc1cccc(NC(=O)c2ccc(-c3cnn(C)c3)cc2OC)c1. The molecular formula is C19H19N3O3. The third-order valence-corrected chi connectivity index (χ3v) is 3.81. The van der Waals surface area contributed by atoms with Crippen molar-refractivity contribution in [2.45, 2.75) is 0 Å². The van der Waals surface area contributed by atoms with Gasteiger partial charge in [0.15, 0.2) is 0 Å². The molecule has 6 nitrogen and oxygen atoms in total. The molecule has 0 bridgehead atoms. The van der Waals surface area contributed by atoms with Crippen LogP contribution in [-0.2, 0) is 7.05 Å². The highest BCUT2D eigenvalue weighted by Gasteiger charge is 2.14. The van der Waals surface area contributed by atoms with Gasteiger partial charge in [0.2, 0.25) is 0 Å². The summed E-state index contributed by atoms with van der Waals surface area (Å²) < 4.78 is 12.3. The smallest absolute Gasteiger partial charge is 0.259 e. The second kappa shape index (κ2) is 7.09. The average molecular weight is 337 g/mol. The standard InChI is InChI=1S/C19H19N3O3/c1-22-12-14(11-20-22)13-7-8-17(18(9-13)25-3)19(23)21-15-5-4-6-16(10-15)24-2/h4-12H,1-3H3,(H,21,23). The summed E-state index contributed by atoms with van der Waals surface area (Å²) in [4.78, 5) is 12.6. The van der Waals surface area contributed by atoms with E-state index in [0.29, 0.717) is 22.7 Å². The largest absolute Gasteiger partial charge is 0.497 e. The highest BCUT2D eigenvalue weighted by Crippen LogP contribution is 2.28. The van der Waals surface area contributed by atoms with Crippen molar-refractivity contribution in [1.82, 2.24) is 9.78 Å². The van der Waals surface area contributed by atoms with E-state index in [2.05, 4.69) is 10.4 Å². The number of nitrogens with one attached hydrogen (secondary N) is 1.